The van der Waals surface area contributed by atoms with Crippen molar-refractivity contribution in [3.63, 3.8) is 0 Å². The Morgan fingerprint density at radius 3 is 2.66 bits per heavy atom. The Balaban J connectivity index is 1.41. The minimum absolute atomic E-state index is 0.0879. The molecule has 1 unspecified atom stereocenters. The molecule has 1 aliphatic heterocycles. The molecule has 170 valence electrons. The van der Waals surface area contributed by atoms with Crippen molar-refractivity contribution in [2.45, 2.75) is 19.3 Å². The fourth-order valence-corrected chi connectivity index (χ4v) is 3.58. The number of nitrogens with zero attached hydrogens (tertiary/aromatic N) is 1. The van der Waals surface area contributed by atoms with E-state index in [1.807, 2.05) is 0 Å². The van der Waals surface area contributed by atoms with E-state index in [1.54, 1.807) is 35.2 Å². The second kappa shape index (κ2) is 11.1. The predicted molar refractivity (Wildman–Crippen MR) is 118 cm³/mol. The first-order valence-corrected chi connectivity index (χ1v) is 10.5. The van der Waals surface area contributed by atoms with Gasteiger partial charge in [0.15, 0.2) is 6.61 Å². The van der Waals surface area contributed by atoms with Gasteiger partial charge in [-0.15, -0.1) is 0 Å². The molecule has 8 nitrogen and oxygen atoms in total. The van der Waals surface area contributed by atoms with E-state index in [4.69, 9.17) is 10.5 Å². The van der Waals surface area contributed by atoms with Crippen LogP contribution in [0.4, 0.5) is 14.9 Å². The fraction of sp³-hybridized carbons (Fsp3) is 0.348. The van der Waals surface area contributed by atoms with Gasteiger partial charge in [0.05, 0.1) is 6.42 Å². The van der Waals surface area contributed by atoms with Gasteiger partial charge in [0, 0.05) is 25.3 Å². The highest BCUT2D eigenvalue weighted by molar-refractivity contribution is 5.89. The van der Waals surface area contributed by atoms with Gasteiger partial charge in [0.1, 0.15) is 11.6 Å². The number of nitrogens with two attached hydrogens (primary N) is 1. The predicted octanol–water partition coefficient (Wildman–Crippen LogP) is 2.29. The minimum atomic E-state index is -0.423. The van der Waals surface area contributed by atoms with Crippen molar-refractivity contribution in [3.8, 4) is 5.75 Å². The number of anilines is 1. The van der Waals surface area contributed by atoms with Crippen molar-refractivity contribution in [1.29, 1.82) is 0 Å². The average molecular weight is 442 g/mol. The molecule has 0 saturated carbocycles. The number of amides is 4. The lowest BCUT2D eigenvalue weighted by atomic mass is 9.98. The molecular formula is C23H27FN4O4. The lowest BCUT2D eigenvalue weighted by molar-refractivity contribution is -0.135. The van der Waals surface area contributed by atoms with Crippen molar-refractivity contribution in [2.24, 2.45) is 11.7 Å². The van der Waals surface area contributed by atoms with E-state index in [0.717, 1.165) is 18.4 Å². The number of nitrogens with one attached hydrogen (secondary N) is 2. The molecule has 1 saturated heterocycles. The summed E-state index contributed by atoms with van der Waals surface area (Å²) in [5, 5.41) is 5.37. The molecule has 1 fully saturated rings. The summed E-state index contributed by atoms with van der Waals surface area (Å²) in [6.07, 6.45) is 1.89. The van der Waals surface area contributed by atoms with Crippen LogP contribution < -0.4 is 21.1 Å². The number of hydrogen-bond donors (Lipinski definition) is 3. The van der Waals surface area contributed by atoms with Crippen molar-refractivity contribution >= 4 is 23.5 Å². The molecule has 0 aromatic heterocycles. The van der Waals surface area contributed by atoms with Gasteiger partial charge in [-0.05, 0) is 54.7 Å². The monoisotopic (exact) mass is 442 g/mol. The number of carbonyl (C=O) groups excluding carboxylic acids is 3. The van der Waals surface area contributed by atoms with E-state index in [-0.39, 0.29) is 24.9 Å². The van der Waals surface area contributed by atoms with Gasteiger partial charge >= 0.3 is 6.03 Å². The molecule has 1 aliphatic rings. The molecule has 32 heavy (non-hydrogen) atoms. The molecule has 2 aromatic rings. The number of hydrogen-bond acceptors (Lipinski definition) is 4. The highest BCUT2D eigenvalue weighted by Gasteiger charge is 2.24. The van der Waals surface area contributed by atoms with Gasteiger partial charge in [-0.2, -0.15) is 0 Å². The number of likely N-dealkylation sites (tertiary alicyclic amines) is 1. The lowest BCUT2D eigenvalue weighted by Gasteiger charge is -2.32. The van der Waals surface area contributed by atoms with E-state index in [2.05, 4.69) is 10.6 Å². The Morgan fingerprint density at radius 1 is 1.16 bits per heavy atom. The highest BCUT2D eigenvalue weighted by atomic mass is 19.1. The van der Waals surface area contributed by atoms with Gasteiger partial charge in [0.2, 0.25) is 5.91 Å². The Bertz CT molecular complexity index is 951. The number of halogens is 1. The third-order valence-corrected chi connectivity index (χ3v) is 5.17. The van der Waals surface area contributed by atoms with Crippen molar-refractivity contribution in [2.75, 3.05) is 31.6 Å². The molecule has 4 N–H and O–H groups in total. The number of piperidine rings is 1. The van der Waals surface area contributed by atoms with E-state index < -0.39 is 17.8 Å². The third-order valence-electron chi connectivity index (χ3n) is 5.17. The summed E-state index contributed by atoms with van der Waals surface area (Å²) in [6, 6.07) is 12.1. The van der Waals surface area contributed by atoms with Crippen LogP contribution in [0.15, 0.2) is 48.5 Å². The molecule has 0 spiro atoms. The molecule has 4 amide bonds. The second-order valence-corrected chi connectivity index (χ2v) is 7.77. The van der Waals surface area contributed by atoms with E-state index >= 15 is 0 Å². The third kappa shape index (κ3) is 7.26. The van der Waals surface area contributed by atoms with Crippen molar-refractivity contribution in [1.82, 2.24) is 10.2 Å². The lowest BCUT2D eigenvalue weighted by Crippen LogP contribution is -2.45. The van der Waals surface area contributed by atoms with Crippen molar-refractivity contribution in [3.05, 3.63) is 59.9 Å². The van der Waals surface area contributed by atoms with Gasteiger partial charge in [-0.25, -0.2) is 9.18 Å². The molecule has 3 rings (SSSR count). The zero-order valence-electron chi connectivity index (χ0n) is 17.7. The maximum absolute atomic E-state index is 13.2. The van der Waals surface area contributed by atoms with Crippen LogP contribution in [-0.2, 0) is 16.0 Å². The topological polar surface area (TPSA) is 114 Å². The van der Waals surface area contributed by atoms with Crippen LogP contribution in [0.2, 0.25) is 0 Å². The summed E-state index contributed by atoms with van der Waals surface area (Å²) in [5.74, 6) is -0.294. The largest absolute Gasteiger partial charge is 0.484 e. The molecule has 1 heterocycles. The van der Waals surface area contributed by atoms with Gasteiger partial charge in [-0.3, -0.25) is 9.59 Å². The van der Waals surface area contributed by atoms with Crippen molar-refractivity contribution < 1.29 is 23.5 Å². The molecule has 0 aliphatic carbocycles. The zero-order valence-corrected chi connectivity index (χ0v) is 17.7. The number of primary amides is 1. The highest BCUT2D eigenvalue weighted by Crippen LogP contribution is 2.17. The van der Waals surface area contributed by atoms with Crippen LogP contribution in [-0.4, -0.2) is 49.0 Å². The first-order chi connectivity index (χ1) is 15.4. The smallest absolute Gasteiger partial charge is 0.319 e. The van der Waals surface area contributed by atoms with E-state index in [1.165, 1.54) is 18.2 Å². The average Bonchev–Trinajstić information content (AvgIpc) is 2.77. The molecule has 1 atom stereocenters. The second-order valence-electron chi connectivity index (χ2n) is 7.77. The Kier molecular flexibility index (Phi) is 8.02. The Labute approximate surface area is 185 Å². The fourth-order valence-electron chi connectivity index (χ4n) is 3.58. The van der Waals surface area contributed by atoms with Gasteiger partial charge < -0.3 is 26.0 Å². The standard InChI is InChI=1S/C23H27FN4O4/c24-18-4-1-5-19(12-18)27-23(31)26-13-17-3-2-10-28(14-17)22(30)15-32-20-8-6-16(7-9-20)11-21(25)29/h1,4-9,12,17H,2-3,10-11,13-15H2,(H2,25,29)(H2,26,27,31). The van der Waals surface area contributed by atoms with Crippen LogP contribution in [0.3, 0.4) is 0 Å². The Hall–Kier alpha value is -3.62. The molecule has 9 heteroatoms. The minimum Gasteiger partial charge on any atom is -0.484 e. The zero-order chi connectivity index (χ0) is 22.9. The number of carbonyl (C=O) groups is 3. The number of rotatable bonds is 8. The number of ether oxygens (including phenoxy) is 1. The summed E-state index contributed by atoms with van der Waals surface area (Å²) in [7, 11) is 0. The molecule has 2 aromatic carbocycles. The summed E-state index contributed by atoms with van der Waals surface area (Å²) < 4.78 is 18.8. The van der Waals surface area contributed by atoms with Gasteiger partial charge in [0.25, 0.3) is 5.91 Å². The van der Waals surface area contributed by atoms with E-state index in [9.17, 15) is 18.8 Å². The van der Waals surface area contributed by atoms with Gasteiger partial charge in [-0.1, -0.05) is 18.2 Å². The first-order valence-electron chi connectivity index (χ1n) is 10.5. The Morgan fingerprint density at radius 2 is 1.94 bits per heavy atom. The normalized spacial score (nSPS) is 15.7. The summed E-state index contributed by atoms with van der Waals surface area (Å²) in [5.41, 5.74) is 6.33. The van der Waals surface area contributed by atoms with E-state index in [0.29, 0.717) is 31.1 Å². The quantitative estimate of drug-likeness (QED) is 0.582. The number of urea groups is 1. The summed E-state index contributed by atoms with van der Waals surface area (Å²) in [4.78, 5) is 37.3. The van der Waals surface area contributed by atoms with Crippen LogP contribution in [0, 0.1) is 11.7 Å². The molecule has 0 bridgehead atoms. The maximum Gasteiger partial charge on any atom is 0.319 e. The van der Waals surface area contributed by atoms with Crippen LogP contribution in [0.25, 0.3) is 0 Å². The maximum atomic E-state index is 13.2. The summed E-state index contributed by atoms with van der Waals surface area (Å²) >= 11 is 0. The van der Waals surface area contributed by atoms with Crippen LogP contribution in [0.5, 0.6) is 5.75 Å². The molecule has 0 radical (unpaired) electrons. The van der Waals surface area contributed by atoms with Crippen LogP contribution >= 0.6 is 0 Å². The number of benzene rings is 2. The first kappa shape index (κ1) is 23.1. The van der Waals surface area contributed by atoms with Crippen LogP contribution in [0.1, 0.15) is 18.4 Å². The summed E-state index contributed by atoms with van der Waals surface area (Å²) in [6.45, 7) is 1.49. The SMILES string of the molecule is NC(=O)Cc1ccc(OCC(=O)N2CCCC(CNC(=O)Nc3cccc(F)c3)C2)cc1. The molecular weight excluding hydrogens is 415 g/mol.